The van der Waals surface area contributed by atoms with Gasteiger partial charge in [-0.25, -0.2) is 4.39 Å². The number of hydrogen-bond acceptors (Lipinski definition) is 3. The molecule has 0 spiro atoms. The van der Waals surface area contributed by atoms with E-state index in [1.807, 2.05) is 4.90 Å². The number of carbonyl (C=O) groups is 1. The van der Waals surface area contributed by atoms with Gasteiger partial charge in [0.25, 0.3) is 0 Å². The molecule has 0 aliphatic carbocycles. The number of nitrogens with two attached hydrogens (primary N) is 1. The van der Waals surface area contributed by atoms with Gasteiger partial charge in [-0.3, -0.25) is 9.69 Å². The van der Waals surface area contributed by atoms with Gasteiger partial charge in [0.05, 0.1) is 4.47 Å². The predicted octanol–water partition coefficient (Wildman–Crippen LogP) is 1.58. The van der Waals surface area contributed by atoms with Crippen LogP contribution in [0.15, 0.2) is 22.7 Å². The van der Waals surface area contributed by atoms with Crippen molar-refractivity contribution in [3.05, 3.63) is 34.1 Å². The van der Waals surface area contributed by atoms with Gasteiger partial charge in [0.15, 0.2) is 0 Å². The maximum Gasteiger partial charge on any atom is 0.325 e. The van der Waals surface area contributed by atoms with Crippen molar-refractivity contribution in [3.63, 3.8) is 0 Å². The van der Waals surface area contributed by atoms with Gasteiger partial charge in [-0.2, -0.15) is 0 Å². The number of rotatable bonds is 3. The smallest absolute Gasteiger partial charge is 0.325 e. The Hall–Kier alpha value is -0.980. The minimum absolute atomic E-state index is 0.307. The highest BCUT2D eigenvalue weighted by Crippen LogP contribution is 2.23. The molecule has 1 aromatic rings. The zero-order valence-corrected chi connectivity index (χ0v) is 11.3. The number of carboxylic acids is 1. The van der Waals surface area contributed by atoms with Gasteiger partial charge < -0.3 is 10.8 Å². The summed E-state index contributed by atoms with van der Waals surface area (Å²) in [5.74, 6) is -1.27. The van der Waals surface area contributed by atoms with E-state index in [2.05, 4.69) is 15.9 Å². The van der Waals surface area contributed by atoms with E-state index in [1.165, 1.54) is 6.07 Å². The normalized spacial score (nSPS) is 24.4. The average molecular weight is 317 g/mol. The first-order valence-electron chi connectivity index (χ1n) is 5.59. The van der Waals surface area contributed by atoms with E-state index in [4.69, 9.17) is 10.8 Å². The Morgan fingerprint density at radius 3 is 2.89 bits per heavy atom. The Balaban J connectivity index is 2.03. The van der Waals surface area contributed by atoms with Crippen LogP contribution in [0.1, 0.15) is 12.0 Å². The lowest BCUT2D eigenvalue weighted by Crippen LogP contribution is -2.50. The standard InChI is InChI=1S/C12H14BrFN2O2/c13-9-5-8(1-2-10(9)14)6-16-4-3-12(15,7-16)11(17)18/h1-2,5H,3-4,6-7,15H2,(H,17,18). The molecule has 0 amide bonds. The van der Waals surface area contributed by atoms with Crippen LogP contribution in [0.2, 0.25) is 0 Å². The Labute approximate surface area is 113 Å². The SMILES string of the molecule is NC1(C(=O)O)CCN(Cc2ccc(F)c(Br)c2)C1. The summed E-state index contributed by atoms with van der Waals surface area (Å²) in [5.41, 5.74) is 5.56. The number of halogens is 2. The molecule has 2 rings (SSSR count). The third-order valence-electron chi connectivity index (χ3n) is 3.20. The summed E-state index contributed by atoms with van der Waals surface area (Å²) in [4.78, 5) is 13.0. The van der Waals surface area contributed by atoms with Gasteiger partial charge in [-0.1, -0.05) is 6.07 Å². The lowest BCUT2D eigenvalue weighted by molar-refractivity contribution is -0.142. The van der Waals surface area contributed by atoms with Crippen molar-refractivity contribution in [3.8, 4) is 0 Å². The van der Waals surface area contributed by atoms with Gasteiger partial charge in [0.2, 0.25) is 0 Å². The average Bonchev–Trinajstić information content (AvgIpc) is 2.67. The molecule has 1 aliphatic rings. The largest absolute Gasteiger partial charge is 0.480 e. The van der Waals surface area contributed by atoms with E-state index < -0.39 is 11.5 Å². The van der Waals surface area contributed by atoms with Crippen LogP contribution in [-0.2, 0) is 11.3 Å². The molecule has 1 aromatic carbocycles. The first-order chi connectivity index (χ1) is 8.40. The second-order valence-electron chi connectivity index (χ2n) is 4.67. The fourth-order valence-corrected chi connectivity index (χ4v) is 2.55. The van der Waals surface area contributed by atoms with Gasteiger partial charge in [0, 0.05) is 19.6 Å². The maximum atomic E-state index is 13.1. The van der Waals surface area contributed by atoms with Crippen molar-refractivity contribution in [2.45, 2.75) is 18.5 Å². The second kappa shape index (κ2) is 4.95. The fraction of sp³-hybridized carbons (Fsp3) is 0.417. The lowest BCUT2D eigenvalue weighted by Gasteiger charge is -2.20. The van der Waals surface area contributed by atoms with Crippen LogP contribution >= 0.6 is 15.9 Å². The number of aliphatic carboxylic acids is 1. The summed E-state index contributed by atoms with van der Waals surface area (Å²) in [6.07, 6.45) is 0.435. The molecule has 0 aromatic heterocycles. The molecule has 1 atom stereocenters. The molecule has 0 bridgehead atoms. The number of benzene rings is 1. The number of carboxylic acid groups (broad SMARTS) is 1. The van der Waals surface area contributed by atoms with Crippen LogP contribution in [0, 0.1) is 5.82 Å². The molecule has 0 radical (unpaired) electrons. The van der Waals surface area contributed by atoms with Gasteiger partial charge in [0.1, 0.15) is 11.4 Å². The second-order valence-corrected chi connectivity index (χ2v) is 5.52. The van der Waals surface area contributed by atoms with E-state index in [0.29, 0.717) is 30.5 Å². The van der Waals surface area contributed by atoms with Crippen molar-refractivity contribution >= 4 is 21.9 Å². The molecular weight excluding hydrogens is 303 g/mol. The Morgan fingerprint density at radius 2 is 2.33 bits per heavy atom. The minimum atomic E-state index is -1.16. The van der Waals surface area contributed by atoms with Crippen molar-refractivity contribution in [1.29, 1.82) is 0 Å². The van der Waals surface area contributed by atoms with E-state index in [0.717, 1.165) is 5.56 Å². The van der Waals surface area contributed by atoms with E-state index >= 15 is 0 Å². The Morgan fingerprint density at radius 1 is 1.61 bits per heavy atom. The van der Waals surface area contributed by atoms with Crippen LogP contribution in [0.3, 0.4) is 0 Å². The highest BCUT2D eigenvalue weighted by atomic mass is 79.9. The first-order valence-corrected chi connectivity index (χ1v) is 6.38. The molecule has 0 saturated carbocycles. The summed E-state index contributed by atoms with van der Waals surface area (Å²) >= 11 is 3.13. The van der Waals surface area contributed by atoms with E-state index in [-0.39, 0.29) is 5.82 Å². The van der Waals surface area contributed by atoms with Crippen molar-refractivity contribution in [1.82, 2.24) is 4.90 Å². The maximum absolute atomic E-state index is 13.1. The molecule has 98 valence electrons. The van der Waals surface area contributed by atoms with Crippen molar-refractivity contribution < 1.29 is 14.3 Å². The molecule has 1 fully saturated rings. The molecule has 18 heavy (non-hydrogen) atoms. The van der Waals surface area contributed by atoms with E-state index in [1.54, 1.807) is 12.1 Å². The van der Waals surface area contributed by atoms with Crippen LogP contribution in [0.25, 0.3) is 0 Å². The summed E-state index contributed by atoms with van der Waals surface area (Å²) in [6.45, 7) is 1.53. The van der Waals surface area contributed by atoms with Gasteiger partial charge >= 0.3 is 5.97 Å². The van der Waals surface area contributed by atoms with E-state index in [9.17, 15) is 9.18 Å². The molecule has 4 nitrogen and oxygen atoms in total. The summed E-state index contributed by atoms with van der Waals surface area (Å²) in [7, 11) is 0. The van der Waals surface area contributed by atoms with Crippen molar-refractivity contribution in [2.24, 2.45) is 5.73 Å². The molecule has 3 N–H and O–H groups in total. The van der Waals surface area contributed by atoms with Gasteiger partial charge in [-0.15, -0.1) is 0 Å². The predicted molar refractivity (Wildman–Crippen MR) is 68.5 cm³/mol. The zero-order chi connectivity index (χ0) is 13.3. The molecule has 1 heterocycles. The quantitative estimate of drug-likeness (QED) is 0.888. The minimum Gasteiger partial charge on any atom is -0.480 e. The number of nitrogens with zero attached hydrogens (tertiary/aromatic N) is 1. The highest BCUT2D eigenvalue weighted by molar-refractivity contribution is 9.10. The third-order valence-corrected chi connectivity index (χ3v) is 3.80. The van der Waals surface area contributed by atoms with Crippen LogP contribution < -0.4 is 5.73 Å². The Bertz CT molecular complexity index is 483. The van der Waals surface area contributed by atoms with Crippen LogP contribution in [0.4, 0.5) is 4.39 Å². The third kappa shape index (κ3) is 2.71. The van der Waals surface area contributed by atoms with Crippen molar-refractivity contribution in [2.75, 3.05) is 13.1 Å². The Kier molecular flexibility index (Phi) is 3.70. The molecule has 1 aliphatic heterocycles. The number of likely N-dealkylation sites (tertiary alicyclic amines) is 1. The van der Waals surface area contributed by atoms with Crippen LogP contribution in [0.5, 0.6) is 0 Å². The molecule has 6 heteroatoms. The number of hydrogen-bond donors (Lipinski definition) is 2. The van der Waals surface area contributed by atoms with Crippen LogP contribution in [-0.4, -0.2) is 34.6 Å². The monoisotopic (exact) mass is 316 g/mol. The molecule has 1 saturated heterocycles. The first kappa shape index (κ1) is 13.5. The fourth-order valence-electron chi connectivity index (χ4n) is 2.12. The summed E-state index contributed by atoms with van der Waals surface area (Å²) in [5, 5.41) is 9.03. The lowest BCUT2D eigenvalue weighted by atomic mass is 10.0. The summed E-state index contributed by atoms with van der Waals surface area (Å²) < 4.78 is 13.5. The molecular formula is C12H14BrFN2O2. The highest BCUT2D eigenvalue weighted by Gasteiger charge is 2.40. The topological polar surface area (TPSA) is 66.6 Å². The zero-order valence-electron chi connectivity index (χ0n) is 9.70. The van der Waals surface area contributed by atoms with Gasteiger partial charge in [-0.05, 0) is 40.0 Å². The molecule has 1 unspecified atom stereocenters. The summed E-state index contributed by atoms with van der Waals surface area (Å²) in [6, 6.07) is 4.78.